The van der Waals surface area contributed by atoms with Gasteiger partial charge in [-0.1, -0.05) is 48.5 Å². The van der Waals surface area contributed by atoms with Crippen molar-refractivity contribution in [3.63, 3.8) is 0 Å². The summed E-state index contributed by atoms with van der Waals surface area (Å²) >= 11 is 0. The fourth-order valence-corrected chi connectivity index (χ4v) is 5.22. The van der Waals surface area contributed by atoms with E-state index in [9.17, 15) is 9.59 Å². The van der Waals surface area contributed by atoms with Crippen molar-refractivity contribution in [3.05, 3.63) is 126 Å². The first-order valence-corrected chi connectivity index (χ1v) is 13.3. The van der Waals surface area contributed by atoms with Crippen LogP contribution < -0.4 is 19.3 Å². The van der Waals surface area contributed by atoms with Gasteiger partial charge in [0.2, 0.25) is 0 Å². The molecule has 0 saturated heterocycles. The molecular weight excluding hydrogens is 500 g/mol. The van der Waals surface area contributed by atoms with E-state index in [1.54, 1.807) is 44.6 Å². The van der Waals surface area contributed by atoms with E-state index in [4.69, 9.17) is 9.47 Å². The summed E-state index contributed by atoms with van der Waals surface area (Å²) in [5, 5.41) is 0. The molecule has 202 valence electrons. The molecule has 1 aliphatic rings. The van der Waals surface area contributed by atoms with Gasteiger partial charge < -0.3 is 19.3 Å². The van der Waals surface area contributed by atoms with Gasteiger partial charge in [0.15, 0.2) is 0 Å². The Morgan fingerprint density at radius 3 is 2.05 bits per heavy atom. The van der Waals surface area contributed by atoms with Crippen molar-refractivity contribution in [3.8, 4) is 11.5 Å². The third-order valence-electron chi connectivity index (χ3n) is 7.23. The topological polar surface area (TPSA) is 59.1 Å². The van der Waals surface area contributed by atoms with E-state index < -0.39 is 0 Å². The van der Waals surface area contributed by atoms with Crippen LogP contribution in [0.2, 0.25) is 0 Å². The van der Waals surface area contributed by atoms with Gasteiger partial charge in [-0.3, -0.25) is 9.59 Å². The lowest BCUT2D eigenvalue weighted by atomic mass is 9.89. The number of hydrogen-bond donors (Lipinski definition) is 0. The average Bonchev–Trinajstić information content (AvgIpc) is 3.00. The van der Waals surface area contributed by atoms with Gasteiger partial charge in [-0.2, -0.15) is 0 Å². The Morgan fingerprint density at radius 1 is 0.800 bits per heavy atom. The molecule has 4 aromatic rings. The van der Waals surface area contributed by atoms with Gasteiger partial charge in [0.05, 0.1) is 20.3 Å². The highest BCUT2D eigenvalue weighted by Crippen LogP contribution is 2.43. The largest absolute Gasteiger partial charge is 0.497 e. The van der Waals surface area contributed by atoms with Crippen molar-refractivity contribution in [1.29, 1.82) is 0 Å². The summed E-state index contributed by atoms with van der Waals surface area (Å²) in [6.07, 6.45) is 4.00. The highest BCUT2D eigenvalue weighted by Gasteiger charge is 2.38. The molecule has 2 amide bonds. The third-order valence-corrected chi connectivity index (χ3v) is 7.23. The van der Waals surface area contributed by atoms with Crippen LogP contribution in [0.25, 0.3) is 6.08 Å². The fraction of sp³-hybridized carbons (Fsp3) is 0.176. The molecule has 0 spiro atoms. The molecule has 1 aliphatic heterocycles. The zero-order valence-corrected chi connectivity index (χ0v) is 22.9. The van der Waals surface area contributed by atoms with Crippen molar-refractivity contribution < 1.29 is 19.1 Å². The number of anilines is 2. The maximum Gasteiger partial charge on any atom is 0.258 e. The van der Waals surface area contributed by atoms with E-state index in [0.717, 1.165) is 28.3 Å². The first-order valence-electron chi connectivity index (χ1n) is 13.3. The minimum absolute atomic E-state index is 0.0851. The summed E-state index contributed by atoms with van der Waals surface area (Å²) in [4.78, 5) is 31.3. The molecule has 5 rings (SSSR count). The minimum Gasteiger partial charge on any atom is -0.497 e. The number of carbonyl (C=O) groups excluding carboxylic acids is 2. The molecule has 1 heterocycles. The Hall–Kier alpha value is -4.84. The summed E-state index contributed by atoms with van der Waals surface area (Å²) in [6.45, 7) is 2.03. The van der Waals surface area contributed by atoms with Crippen LogP contribution in [0.4, 0.5) is 11.4 Å². The number of ether oxygens (including phenoxy) is 2. The second kappa shape index (κ2) is 11.9. The third kappa shape index (κ3) is 5.47. The Kier molecular flexibility index (Phi) is 7.97. The number of hydrogen-bond acceptors (Lipinski definition) is 4. The normalized spacial score (nSPS) is 16.3. The van der Waals surface area contributed by atoms with Gasteiger partial charge in [0.1, 0.15) is 11.5 Å². The lowest BCUT2D eigenvalue weighted by molar-refractivity contribution is -0.114. The van der Waals surface area contributed by atoms with Crippen LogP contribution >= 0.6 is 0 Å². The smallest absolute Gasteiger partial charge is 0.258 e. The first-order chi connectivity index (χ1) is 19.5. The Labute approximate surface area is 235 Å². The van der Waals surface area contributed by atoms with Crippen LogP contribution in [0.3, 0.4) is 0 Å². The van der Waals surface area contributed by atoms with Gasteiger partial charge in [0.25, 0.3) is 11.8 Å². The standard InChI is InChI=1S/C34H32N2O4/c1-24-23-32(30-11-7-8-12-31(30)35(24)34(38)26-16-20-29(40-3)21-17-26)36(27-9-5-4-6-10-27)33(37)22-15-25-13-18-28(39-2)19-14-25/h4-22,24,32H,23H2,1-3H3/b22-15-/t24-,32+/m0/s1. The number of amides is 2. The second-order valence-corrected chi connectivity index (χ2v) is 9.71. The van der Waals surface area contributed by atoms with E-state index in [1.807, 2.05) is 102 Å². The number of fused-ring (bicyclic) bond motifs is 1. The maximum absolute atomic E-state index is 13.9. The number of methoxy groups -OCH3 is 2. The van der Waals surface area contributed by atoms with Gasteiger partial charge >= 0.3 is 0 Å². The first kappa shape index (κ1) is 26.8. The molecule has 2 atom stereocenters. The summed E-state index contributed by atoms with van der Waals surface area (Å²) in [5.41, 5.74) is 4.02. The molecule has 6 nitrogen and oxygen atoms in total. The van der Waals surface area contributed by atoms with Crippen molar-refractivity contribution >= 4 is 29.3 Å². The van der Waals surface area contributed by atoms with Crippen molar-refractivity contribution in [2.45, 2.75) is 25.4 Å². The van der Waals surface area contributed by atoms with Gasteiger partial charge in [-0.15, -0.1) is 0 Å². The summed E-state index contributed by atoms with van der Waals surface area (Å²) in [7, 11) is 3.23. The fourth-order valence-electron chi connectivity index (χ4n) is 5.22. The molecule has 40 heavy (non-hydrogen) atoms. The highest BCUT2D eigenvalue weighted by molar-refractivity contribution is 6.08. The van der Waals surface area contributed by atoms with Crippen molar-refractivity contribution in [2.24, 2.45) is 0 Å². The van der Waals surface area contributed by atoms with E-state index in [0.29, 0.717) is 17.7 Å². The molecule has 0 saturated carbocycles. The maximum atomic E-state index is 13.9. The molecule has 0 bridgehead atoms. The highest BCUT2D eigenvalue weighted by atomic mass is 16.5. The van der Waals surface area contributed by atoms with Crippen LogP contribution in [0.1, 0.15) is 40.9 Å². The van der Waals surface area contributed by atoms with Crippen molar-refractivity contribution in [2.75, 3.05) is 24.0 Å². The molecule has 6 heteroatoms. The van der Waals surface area contributed by atoms with Crippen LogP contribution in [-0.2, 0) is 4.79 Å². The van der Waals surface area contributed by atoms with Crippen LogP contribution in [0.15, 0.2) is 109 Å². The molecule has 4 aromatic carbocycles. The molecule has 0 N–H and O–H groups in total. The number of benzene rings is 4. The number of para-hydroxylation sites is 2. The monoisotopic (exact) mass is 532 g/mol. The van der Waals surface area contributed by atoms with E-state index in [-0.39, 0.29) is 23.9 Å². The Morgan fingerprint density at radius 2 is 1.40 bits per heavy atom. The molecule has 0 unspecified atom stereocenters. The summed E-state index contributed by atoms with van der Waals surface area (Å²) in [5.74, 6) is 1.24. The zero-order valence-electron chi connectivity index (χ0n) is 22.9. The zero-order chi connectivity index (χ0) is 28.1. The average molecular weight is 533 g/mol. The number of carbonyl (C=O) groups is 2. The SMILES string of the molecule is COc1ccc(/C=C\C(=O)N(c2ccccc2)[C@@H]2C[C@H](C)N(C(=O)c3ccc(OC)cc3)c3ccccc32)cc1. The lowest BCUT2D eigenvalue weighted by Gasteiger charge is -2.43. The van der Waals surface area contributed by atoms with Gasteiger partial charge in [0, 0.05) is 29.1 Å². The molecule has 0 aromatic heterocycles. The summed E-state index contributed by atoms with van der Waals surface area (Å²) in [6, 6.07) is 31.8. The molecular formula is C34H32N2O4. The quantitative estimate of drug-likeness (QED) is 0.242. The van der Waals surface area contributed by atoms with Crippen molar-refractivity contribution in [1.82, 2.24) is 0 Å². The van der Waals surface area contributed by atoms with E-state index in [2.05, 4.69) is 0 Å². The Balaban J connectivity index is 1.51. The second-order valence-electron chi connectivity index (χ2n) is 9.71. The Bertz CT molecular complexity index is 1500. The summed E-state index contributed by atoms with van der Waals surface area (Å²) < 4.78 is 10.5. The van der Waals surface area contributed by atoms with Crippen LogP contribution in [0.5, 0.6) is 11.5 Å². The van der Waals surface area contributed by atoms with Gasteiger partial charge in [-0.25, -0.2) is 0 Å². The number of rotatable bonds is 7. The predicted octanol–water partition coefficient (Wildman–Crippen LogP) is 6.93. The lowest BCUT2D eigenvalue weighted by Crippen LogP contribution is -2.47. The van der Waals surface area contributed by atoms with E-state index >= 15 is 0 Å². The van der Waals surface area contributed by atoms with Crippen LogP contribution in [-0.4, -0.2) is 32.1 Å². The van der Waals surface area contributed by atoms with Crippen LogP contribution in [0, 0.1) is 0 Å². The van der Waals surface area contributed by atoms with E-state index in [1.165, 1.54) is 0 Å². The molecule has 0 radical (unpaired) electrons. The number of nitrogens with zero attached hydrogens (tertiary/aromatic N) is 2. The molecule has 0 aliphatic carbocycles. The minimum atomic E-state index is -0.262. The van der Waals surface area contributed by atoms with Gasteiger partial charge in [-0.05, 0) is 85.1 Å². The molecule has 0 fully saturated rings. The predicted molar refractivity (Wildman–Crippen MR) is 159 cm³/mol.